The molecule has 0 aliphatic rings. The lowest BCUT2D eigenvalue weighted by Crippen LogP contribution is -1.97. The van der Waals surface area contributed by atoms with Crippen molar-refractivity contribution in [2.24, 2.45) is 0 Å². The summed E-state index contributed by atoms with van der Waals surface area (Å²) in [6, 6.07) is 5.43. The molecule has 2 nitrogen and oxygen atoms in total. The van der Waals surface area contributed by atoms with Gasteiger partial charge in [0.25, 0.3) is 0 Å². The Bertz CT molecular complexity index is 334. The molecule has 0 atom stereocenters. The molecule has 0 saturated carbocycles. The van der Waals surface area contributed by atoms with Gasteiger partial charge in [0.15, 0.2) is 0 Å². The Labute approximate surface area is 88.8 Å². The zero-order valence-corrected chi connectivity index (χ0v) is 9.10. The zero-order valence-electron chi connectivity index (χ0n) is 8.34. The third-order valence-electron chi connectivity index (χ3n) is 1.75. The van der Waals surface area contributed by atoms with E-state index in [1.165, 1.54) is 0 Å². The van der Waals surface area contributed by atoms with E-state index in [4.69, 9.17) is 16.3 Å². The smallest absolute Gasteiger partial charge is 0.137 e. The average molecular weight is 213 g/mol. The average Bonchev–Trinajstić information content (AvgIpc) is 2.09. The van der Waals surface area contributed by atoms with Gasteiger partial charge >= 0.3 is 0 Å². The Morgan fingerprint density at radius 3 is 2.71 bits per heavy atom. The van der Waals surface area contributed by atoms with Gasteiger partial charge in [-0.25, -0.2) is 0 Å². The van der Waals surface area contributed by atoms with Crippen molar-refractivity contribution in [2.75, 3.05) is 6.61 Å². The monoisotopic (exact) mass is 212 g/mol. The Kier molecular flexibility index (Phi) is 3.96. The standard InChI is InChI=1S/C11H13ClO2/c1-3-14-11-5-4-9(6-8(2)13)7-10(11)12/h4-5,7H,3,6H2,1-2H3. The summed E-state index contributed by atoms with van der Waals surface area (Å²) in [5.41, 5.74) is 0.922. The van der Waals surface area contributed by atoms with Crippen LogP contribution in [0.2, 0.25) is 5.02 Å². The molecule has 0 fully saturated rings. The van der Waals surface area contributed by atoms with E-state index in [9.17, 15) is 4.79 Å². The number of hydrogen-bond donors (Lipinski definition) is 0. The Hall–Kier alpha value is -1.02. The molecule has 0 heterocycles. The first-order chi connectivity index (χ1) is 6.63. The predicted octanol–water partition coefficient (Wildman–Crippen LogP) is 2.87. The fourth-order valence-electron chi connectivity index (χ4n) is 1.21. The maximum Gasteiger partial charge on any atom is 0.137 e. The van der Waals surface area contributed by atoms with Crippen molar-refractivity contribution >= 4 is 17.4 Å². The summed E-state index contributed by atoms with van der Waals surface area (Å²) in [4.78, 5) is 10.9. The van der Waals surface area contributed by atoms with E-state index in [1.54, 1.807) is 19.1 Å². The van der Waals surface area contributed by atoms with Gasteiger partial charge in [0.2, 0.25) is 0 Å². The molecule has 1 aromatic carbocycles. The molecule has 0 amide bonds. The number of ketones is 1. The number of benzene rings is 1. The van der Waals surface area contributed by atoms with Gasteiger partial charge in [-0.05, 0) is 31.5 Å². The highest BCUT2D eigenvalue weighted by atomic mass is 35.5. The van der Waals surface area contributed by atoms with Crippen LogP contribution in [0.15, 0.2) is 18.2 Å². The van der Waals surface area contributed by atoms with E-state index in [0.29, 0.717) is 23.8 Å². The summed E-state index contributed by atoms with van der Waals surface area (Å²) in [6.45, 7) is 4.05. The third kappa shape index (κ3) is 3.04. The fourth-order valence-corrected chi connectivity index (χ4v) is 1.47. The molecule has 0 aliphatic carbocycles. The van der Waals surface area contributed by atoms with Crippen molar-refractivity contribution in [2.45, 2.75) is 20.3 Å². The van der Waals surface area contributed by atoms with E-state index in [1.807, 2.05) is 13.0 Å². The zero-order chi connectivity index (χ0) is 10.6. The maximum atomic E-state index is 10.9. The highest BCUT2D eigenvalue weighted by Gasteiger charge is 2.03. The molecule has 0 unspecified atom stereocenters. The van der Waals surface area contributed by atoms with Gasteiger partial charge in [0.1, 0.15) is 11.5 Å². The minimum atomic E-state index is 0.130. The number of rotatable bonds is 4. The highest BCUT2D eigenvalue weighted by Crippen LogP contribution is 2.25. The van der Waals surface area contributed by atoms with Crippen LogP contribution in [0.4, 0.5) is 0 Å². The van der Waals surface area contributed by atoms with Crippen LogP contribution in [0.3, 0.4) is 0 Å². The predicted molar refractivity (Wildman–Crippen MR) is 57.0 cm³/mol. The van der Waals surface area contributed by atoms with E-state index in [2.05, 4.69) is 0 Å². The summed E-state index contributed by atoms with van der Waals surface area (Å²) in [7, 11) is 0. The van der Waals surface area contributed by atoms with Gasteiger partial charge in [-0.1, -0.05) is 17.7 Å². The van der Waals surface area contributed by atoms with Crippen LogP contribution in [-0.4, -0.2) is 12.4 Å². The molecule has 76 valence electrons. The van der Waals surface area contributed by atoms with E-state index >= 15 is 0 Å². The van der Waals surface area contributed by atoms with Gasteiger partial charge in [-0.2, -0.15) is 0 Å². The van der Waals surface area contributed by atoms with Crippen molar-refractivity contribution in [1.82, 2.24) is 0 Å². The van der Waals surface area contributed by atoms with Gasteiger partial charge in [-0.3, -0.25) is 4.79 Å². The first-order valence-corrected chi connectivity index (χ1v) is 4.92. The lowest BCUT2D eigenvalue weighted by Gasteiger charge is -2.06. The van der Waals surface area contributed by atoms with Crippen molar-refractivity contribution in [3.05, 3.63) is 28.8 Å². The summed E-state index contributed by atoms with van der Waals surface area (Å²) >= 11 is 5.96. The molecule has 14 heavy (non-hydrogen) atoms. The van der Waals surface area contributed by atoms with Crippen LogP contribution in [0.1, 0.15) is 19.4 Å². The number of carbonyl (C=O) groups is 1. The minimum Gasteiger partial charge on any atom is -0.492 e. The number of ether oxygens (including phenoxy) is 1. The highest BCUT2D eigenvalue weighted by molar-refractivity contribution is 6.32. The number of halogens is 1. The summed E-state index contributed by atoms with van der Waals surface area (Å²) in [6.07, 6.45) is 0.423. The van der Waals surface area contributed by atoms with Gasteiger partial charge in [0, 0.05) is 6.42 Å². The van der Waals surface area contributed by atoms with Crippen LogP contribution in [0.25, 0.3) is 0 Å². The summed E-state index contributed by atoms with van der Waals surface area (Å²) < 4.78 is 5.28. The van der Waals surface area contributed by atoms with Crippen molar-refractivity contribution in [1.29, 1.82) is 0 Å². The molecule has 0 aromatic heterocycles. The topological polar surface area (TPSA) is 26.3 Å². The second-order valence-corrected chi connectivity index (χ2v) is 3.48. The first kappa shape index (κ1) is 11.1. The normalized spacial score (nSPS) is 9.93. The fraction of sp³-hybridized carbons (Fsp3) is 0.364. The van der Waals surface area contributed by atoms with E-state index in [0.717, 1.165) is 5.56 Å². The number of Topliss-reactive ketones (excluding diaryl/α,β-unsaturated/α-hetero) is 1. The molecule has 0 saturated heterocycles. The van der Waals surface area contributed by atoms with Gasteiger partial charge < -0.3 is 4.74 Å². The molecular formula is C11H13ClO2. The van der Waals surface area contributed by atoms with Crippen molar-refractivity contribution < 1.29 is 9.53 Å². The van der Waals surface area contributed by atoms with Crippen LogP contribution in [-0.2, 0) is 11.2 Å². The van der Waals surface area contributed by atoms with E-state index in [-0.39, 0.29) is 5.78 Å². The molecule has 0 bridgehead atoms. The number of carbonyl (C=O) groups excluding carboxylic acids is 1. The van der Waals surface area contributed by atoms with Crippen LogP contribution < -0.4 is 4.74 Å². The lowest BCUT2D eigenvalue weighted by molar-refractivity contribution is -0.116. The Morgan fingerprint density at radius 1 is 1.50 bits per heavy atom. The Morgan fingerprint density at radius 2 is 2.21 bits per heavy atom. The molecule has 1 rings (SSSR count). The van der Waals surface area contributed by atoms with Crippen LogP contribution >= 0.6 is 11.6 Å². The maximum absolute atomic E-state index is 10.9. The molecule has 0 spiro atoms. The second-order valence-electron chi connectivity index (χ2n) is 3.08. The molecule has 1 aromatic rings. The molecular weight excluding hydrogens is 200 g/mol. The van der Waals surface area contributed by atoms with Crippen LogP contribution in [0, 0.1) is 0 Å². The van der Waals surface area contributed by atoms with Gasteiger partial charge in [-0.15, -0.1) is 0 Å². The Balaban J connectivity index is 2.83. The number of hydrogen-bond acceptors (Lipinski definition) is 2. The molecule has 0 aliphatic heterocycles. The quantitative estimate of drug-likeness (QED) is 0.767. The summed E-state index contributed by atoms with van der Waals surface area (Å²) in [5.74, 6) is 0.798. The van der Waals surface area contributed by atoms with Crippen molar-refractivity contribution in [3.8, 4) is 5.75 Å². The molecule has 3 heteroatoms. The summed E-state index contributed by atoms with van der Waals surface area (Å²) in [5, 5.41) is 0.561. The van der Waals surface area contributed by atoms with E-state index < -0.39 is 0 Å². The SMILES string of the molecule is CCOc1ccc(CC(C)=O)cc1Cl. The molecule has 0 N–H and O–H groups in total. The second kappa shape index (κ2) is 5.01. The van der Waals surface area contributed by atoms with Crippen molar-refractivity contribution in [3.63, 3.8) is 0 Å². The molecule has 0 radical (unpaired) electrons. The largest absolute Gasteiger partial charge is 0.492 e. The lowest BCUT2D eigenvalue weighted by atomic mass is 10.1. The van der Waals surface area contributed by atoms with Crippen LogP contribution in [0.5, 0.6) is 5.75 Å². The third-order valence-corrected chi connectivity index (χ3v) is 2.04. The van der Waals surface area contributed by atoms with Gasteiger partial charge in [0.05, 0.1) is 11.6 Å². The first-order valence-electron chi connectivity index (χ1n) is 4.54. The minimum absolute atomic E-state index is 0.130.